The van der Waals surface area contributed by atoms with E-state index in [1.165, 1.54) is 11.1 Å². The van der Waals surface area contributed by atoms with Gasteiger partial charge in [-0.2, -0.15) is 0 Å². The number of hydrogen-bond acceptors (Lipinski definition) is 2. The first-order chi connectivity index (χ1) is 9.26. The van der Waals surface area contributed by atoms with Crippen LogP contribution in [0.3, 0.4) is 0 Å². The Balaban J connectivity index is 2.20. The zero-order chi connectivity index (χ0) is 14.7. The molecule has 2 heteroatoms. The van der Waals surface area contributed by atoms with Crippen LogP contribution in [-0.2, 0) is 5.41 Å². The van der Waals surface area contributed by atoms with Gasteiger partial charge in [0.1, 0.15) is 0 Å². The van der Waals surface area contributed by atoms with E-state index in [1.807, 2.05) is 12.1 Å². The van der Waals surface area contributed by atoms with Crippen LogP contribution < -0.4 is 0 Å². The summed E-state index contributed by atoms with van der Waals surface area (Å²) in [5.41, 5.74) is 3.13. The highest BCUT2D eigenvalue weighted by molar-refractivity contribution is 5.99. The zero-order valence-electron chi connectivity index (χ0n) is 12.9. The maximum absolute atomic E-state index is 12.5. The van der Waals surface area contributed by atoms with Crippen LogP contribution in [-0.4, -0.2) is 17.0 Å². The molecule has 1 N–H and O–H groups in total. The molecule has 20 heavy (non-hydrogen) atoms. The van der Waals surface area contributed by atoms with Gasteiger partial charge >= 0.3 is 0 Å². The van der Waals surface area contributed by atoms with Gasteiger partial charge in [0, 0.05) is 12.0 Å². The smallest absolute Gasteiger partial charge is 0.163 e. The Hall–Kier alpha value is -1.15. The van der Waals surface area contributed by atoms with Gasteiger partial charge in [0.2, 0.25) is 0 Å². The minimum absolute atomic E-state index is 0.0119. The van der Waals surface area contributed by atoms with Crippen molar-refractivity contribution in [2.45, 2.75) is 58.5 Å². The molecule has 2 aliphatic rings. The van der Waals surface area contributed by atoms with E-state index in [4.69, 9.17) is 0 Å². The number of aliphatic hydroxyl groups is 1. The van der Waals surface area contributed by atoms with Crippen LogP contribution in [0.5, 0.6) is 0 Å². The van der Waals surface area contributed by atoms with E-state index in [9.17, 15) is 9.90 Å². The molecule has 0 radical (unpaired) electrons. The molecule has 0 unspecified atom stereocenters. The third kappa shape index (κ3) is 1.70. The van der Waals surface area contributed by atoms with Crippen molar-refractivity contribution in [2.24, 2.45) is 11.3 Å². The number of rotatable bonds is 0. The van der Waals surface area contributed by atoms with Crippen molar-refractivity contribution in [3.63, 3.8) is 0 Å². The van der Waals surface area contributed by atoms with Crippen molar-refractivity contribution < 1.29 is 9.90 Å². The number of aryl methyl sites for hydroxylation is 1. The zero-order valence-corrected chi connectivity index (χ0v) is 12.9. The lowest BCUT2D eigenvalue weighted by Gasteiger charge is -2.55. The average Bonchev–Trinajstić information content (AvgIpc) is 2.38. The van der Waals surface area contributed by atoms with E-state index in [1.54, 1.807) is 0 Å². The molecule has 3 atom stereocenters. The Morgan fingerprint density at radius 2 is 1.95 bits per heavy atom. The summed E-state index contributed by atoms with van der Waals surface area (Å²) < 4.78 is 0. The molecule has 0 spiro atoms. The van der Waals surface area contributed by atoms with E-state index in [2.05, 4.69) is 33.8 Å². The van der Waals surface area contributed by atoms with Gasteiger partial charge in [-0.1, -0.05) is 44.5 Å². The highest BCUT2D eigenvalue weighted by Crippen LogP contribution is 2.57. The second kappa shape index (κ2) is 4.17. The molecule has 0 bridgehead atoms. The van der Waals surface area contributed by atoms with Gasteiger partial charge in [0.25, 0.3) is 0 Å². The maximum Gasteiger partial charge on any atom is 0.163 e. The van der Waals surface area contributed by atoms with Crippen molar-refractivity contribution in [1.82, 2.24) is 0 Å². The van der Waals surface area contributed by atoms with Gasteiger partial charge in [0.15, 0.2) is 5.78 Å². The van der Waals surface area contributed by atoms with E-state index < -0.39 is 0 Å². The van der Waals surface area contributed by atoms with Gasteiger partial charge in [-0.15, -0.1) is 0 Å². The van der Waals surface area contributed by atoms with Crippen LogP contribution in [0, 0.1) is 18.3 Å². The predicted molar refractivity (Wildman–Crippen MR) is 80.0 cm³/mol. The summed E-state index contributed by atoms with van der Waals surface area (Å²) in [5, 5.41) is 10.4. The fraction of sp³-hybridized carbons (Fsp3) is 0.611. The lowest BCUT2D eigenvalue weighted by atomic mass is 9.49. The summed E-state index contributed by atoms with van der Waals surface area (Å²) in [6, 6.07) is 6.21. The molecular formula is C18H24O2. The Labute approximate surface area is 121 Å². The van der Waals surface area contributed by atoms with Crippen LogP contribution in [0.4, 0.5) is 0 Å². The number of fused-ring (bicyclic) bond motifs is 3. The Morgan fingerprint density at radius 1 is 1.25 bits per heavy atom. The third-order valence-electron chi connectivity index (χ3n) is 5.94. The number of ketones is 1. The highest BCUT2D eigenvalue weighted by Gasteiger charge is 2.55. The van der Waals surface area contributed by atoms with Crippen molar-refractivity contribution in [3.8, 4) is 0 Å². The molecule has 1 fully saturated rings. The Morgan fingerprint density at radius 3 is 2.65 bits per heavy atom. The quantitative estimate of drug-likeness (QED) is 0.783. The summed E-state index contributed by atoms with van der Waals surface area (Å²) in [6.45, 7) is 8.61. The second-order valence-corrected chi connectivity index (χ2v) is 7.52. The van der Waals surface area contributed by atoms with Crippen LogP contribution in [0.15, 0.2) is 18.2 Å². The number of carbonyl (C=O) groups excluding carboxylic acids is 1. The van der Waals surface area contributed by atoms with Gasteiger partial charge in [0.05, 0.1) is 6.10 Å². The van der Waals surface area contributed by atoms with Crippen LogP contribution in [0.1, 0.15) is 61.5 Å². The van der Waals surface area contributed by atoms with E-state index >= 15 is 0 Å². The standard InChI is InChI=1S/C18H24O2/c1-11-5-6-12-13(9-11)18(4)8-7-16(20)17(2,3)15(18)10-14(12)19/h5-6,9,15-16,20H,7-8,10H2,1-4H3/t15-,16+,18+/m1/s1. The topological polar surface area (TPSA) is 37.3 Å². The van der Waals surface area contributed by atoms with Crippen molar-refractivity contribution in [2.75, 3.05) is 0 Å². The molecule has 1 saturated carbocycles. The van der Waals surface area contributed by atoms with Crippen molar-refractivity contribution >= 4 is 5.78 Å². The largest absolute Gasteiger partial charge is 0.393 e. The molecule has 0 aromatic heterocycles. The Bertz CT molecular complexity index is 573. The van der Waals surface area contributed by atoms with Crippen LogP contribution in [0.2, 0.25) is 0 Å². The predicted octanol–water partition coefficient (Wildman–Crippen LogP) is 3.64. The monoisotopic (exact) mass is 272 g/mol. The maximum atomic E-state index is 12.5. The van der Waals surface area contributed by atoms with Crippen molar-refractivity contribution in [3.05, 3.63) is 34.9 Å². The number of benzene rings is 1. The Kier molecular flexibility index (Phi) is 2.88. The number of Topliss-reactive ketones (excluding diaryl/α,β-unsaturated/α-hetero) is 1. The van der Waals surface area contributed by atoms with Gasteiger partial charge in [-0.05, 0) is 42.1 Å². The molecule has 3 rings (SSSR count). The average molecular weight is 272 g/mol. The first kappa shape index (κ1) is 13.8. The number of carbonyl (C=O) groups is 1. The molecular weight excluding hydrogens is 248 g/mol. The van der Waals surface area contributed by atoms with Gasteiger partial charge < -0.3 is 5.11 Å². The summed E-state index contributed by atoms with van der Waals surface area (Å²) in [6.07, 6.45) is 2.05. The fourth-order valence-electron chi connectivity index (χ4n) is 4.52. The molecule has 1 aromatic carbocycles. The number of hydrogen-bond donors (Lipinski definition) is 1. The van der Waals surface area contributed by atoms with E-state index in [0.717, 1.165) is 18.4 Å². The van der Waals surface area contributed by atoms with Crippen LogP contribution >= 0.6 is 0 Å². The molecule has 1 aromatic rings. The first-order valence-electron chi connectivity index (χ1n) is 7.59. The van der Waals surface area contributed by atoms with E-state index in [-0.39, 0.29) is 28.6 Å². The third-order valence-corrected chi connectivity index (χ3v) is 5.94. The summed E-state index contributed by atoms with van der Waals surface area (Å²) in [7, 11) is 0. The lowest BCUT2D eigenvalue weighted by Crippen LogP contribution is -2.54. The summed E-state index contributed by atoms with van der Waals surface area (Å²) in [5.74, 6) is 0.463. The summed E-state index contributed by atoms with van der Waals surface area (Å²) >= 11 is 0. The molecule has 108 valence electrons. The fourth-order valence-corrected chi connectivity index (χ4v) is 4.52. The molecule has 2 aliphatic carbocycles. The van der Waals surface area contributed by atoms with Gasteiger partial charge in [-0.25, -0.2) is 0 Å². The van der Waals surface area contributed by atoms with E-state index in [0.29, 0.717) is 6.42 Å². The lowest BCUT2D eigenvalue weighted by molar-refractivity contribution is -0.0687. The highest BCUT2D eigenvalue weighted by atomic mass is 16.3. The molecule has 0 heterocycles. The minimum Gasteiger partial charge on any atom is -0.393 e. The second-order valence-electron chi connectivity index (χ2n) is 7.52. The molecule has 2 nitrogen and oxygen atoms in total. The normalized spacial score (nSPS) is 35.4. The summed E-state index contributed by atoms with van der Waals surface area (Å²) in [4.78, 5) is 12.5. The SMILES string of the molecule is Cc1ccc2c(c1)[C@]1(C)CC[C@H](O)C(C)(C)[C@H]1CC2=O. The molecule has 0 aliphatic heterocycles. The number of aliphatic hydroxyl groups excluding tert-OH is 1. The minimum atomic E-state index is -0.306. The van der Waals surface area contributed by atoms with Crippen LogP contribution in [0.25, 0.3) is 0 Å². The first-order valence-corrected chi connectivity index (χ1v) is 7.59. The van der Waals surface area contributed by atoms with Gasteiger partial charge in [-0.3, -0.25) is 4.79 Å². The van der Waals surface area contributed by atoms with Crippen molar-refractivity contribution in [1.29, 1.82) is 0 Å². The molecule has 0 amide bonds. The molecule has 0 saturated heterocycles.